The standard InChI is InChI=1S/C20H23N3O3/c1-15-2-5-17(6-3-15)22-19(24)16-4-7-18(21-12-16)23-9-11-26-20(13-23)8-10-25-14-20/h2-7,12H,8-11,13-14H2,1H3,(H,22,24). The molecule has 2 fully saturated rings. The molecule has 26 heavy (non-hydrogen) atoms. The monoisotopic (exact) mass is 353 g/mol. The van der Waals surface area contributed by atoms with Gasteiger partial charge in [-0.25, -0.2) is 4.98 Å². The summed E-state index contributed by atoms with van der Waals surface area (Å²) in [5.41, 5.74) is 2.27. The zero-order valence-corrected chi connectivity index (χ0v) is 14.9. The maximum absolute atomic E-state index is 12.4. The number of nitrogens with one attached hydrogen (secondary N) is 1. The summed E-state index contributed by atoms with van der Waals surface area (Å²) >= 11 is 0. The summed E-state index contributed by atoms with van der Waals surface area (Å²) in [6.45, 7) is 5.64. The fourth-order valence-electron chi connectivity index (χ4n) is 3.42. The van der Waals surface area contributed by atoms with E-state index < -0.39 is 0 Å². The van der Waals surface area contributed by atoms with E-state index in [2.05, 4.69) is 15.2 Å². The predicted octanol–water partition coefficient (Wildman–Crippen LogP) is 2.64. The lowest BCUT2D eigenvalue weighted by Crippen LogP contribution is -2.52. The molecule has 1 aromatic carbocycles. The molecule has 2 aliphatic heterocycles. The molecule has 1 spiro atoms. The number of carbonyl (C=O) groups excluding carboxylic acids is 1. The second-order valence-electron chi connectivity index (χ2n) is 6.98. The number of hydrogen-bond acceptors (Lipinski definition) is 5. The minimum absolute atomic E-state index is 0.157. The van der Waals surface area contributed by atoms with Crippen molar-refractivity contribution >= 4 is 17.4 Å². The Morgan fingerprint density at radius 3 is 2.73 bits per heavy atom. The number of hydrogen-bond donors (Lipinski definition) is 1. The molecular formula is C20H23N3O3. The summed E-state index contributed by atoms with van der Waals surface area (Å²) in [7, 11) is 0. The van der Waals surface area contributed by atoms with E-state index in [9.17, 15) is 4.79 Å². The van der Waals surface area contributed by atoms with Gasteiger partial charge in [0.05, 0.1) is 25.3 Å². The van der Waals surface area contributed by atoms with Crippen molar-refractivity contribution in [1.82, 2.24) is 4.98 Å². The Morgan fingerprint density at radius 1 is 1.19 bits per heavy atom. The molecule has 2 aromatic rings. The Kier molecular flexibility index (Phi) is 4.61. The number of pyridine rings is 1. The average Bonchev–Trinajstić information content (AvgIpc) is 3.11. The minimum Gasteiger partial charge on any atom is -0.378 e. The molecular weight excluding hydrogens is 330 g/mol. The summed E-state index contributed by atoms with van der Waals surface area (Å²) in [6, 6.07) is 11.5. The van der Waals surface area contributed by atoms with Crippen molar-refractivity contribution in [2.75, 3.05) is 43.1 Å². The molecule has 0 bridgehead atoms. The van der Waals surface area contributed by atoms with Crippen LogP contribution in [0, 0.1) is 6.92 Å². The van der Waals surface area contributed by atoms with E-state index in [0.717, 1.165) is 43.2 Å². The molecule has 2 aliphatic rings. The number of nitrogens with zero attached hydrogens (tertiary/aromatic N) is 2. The average molecular weight is 353 g/mol. The number of anilines is 2. The van der Waals surface area contributed by atoms with Gasteiger partial charge in [0.25, 0.3) is 5.91 Å². The normalized spacial score (nSPS) is 22.6. The van der Waals surface area contributed by atoms with Crippen molar-refractivity contribution in [1.29, 1.82) is 0 Å². The predicted molar refractivity (Wildman–Crippen MR) is 99.7 cm³/mol. The third kappa shape index (κ3) is 3.57. The molecule has 0 aliphatic carbocycles. The highest BCUT2D eigenvalue weighted by atomic mass is 16.6. The zero-order chi connectivity index (χ0) is 18.0. The van der Waals surface area contributed by atoms with E-state index in [1.807, 2.05) is 43.3 Å². The van der Waals surface area contributed by atoms with Crippen LogP contribution in [0.4, 0.5) is 11.5 Å². The smallest absolute Gasteiger partial charge is 0.257 e. The summed E-state index contributed by atoms with van der Waals surface area (Å²) < 4.78 is 11.5. The Bertz CT molecular complexity index is 768. The fourth-order valence-corrected chi connectivity index (χ4v) is 3.42. The Balaban J connectivity index is 1.43. The number of amides is 1. The molecule has 3 heterocycles. The van der Waals surface area contributed by atoms with Crippen molar-refractivity contribution < 1.29 is 14.3 Å². The minimum atomic E-state index is -0.207. The third-order valence-corrected chi connectivity index (χ3v) is 4.96. The van der Waals surface area contributed by atoms with Crippen molar-refractivity contribution in [3.8, 4) is 0 Å². The first kappa shape index (κ1) is 17.0. The highest BCUT2D eigenvalue weighted by Gasteiger charge is 2.40. The Labute approximate surface area is 153 Å². The van der Waals surface area contributed by atoms with Crippen molar-refractivity contribution in [3.63, 3.8) is 0 Å². The molecule has 1 atom stereocenters. The molecule has 136 valence electrons. The molecule has 1 N–H and O–H groups in total. The quantitative estimate of drug-likeness (QED) is 0.919. The second kappa shape index (κ2) is 7.05. The molecule has 6 heteroatoms. The lowest BCUT2D eigenvalue weighted by atomic mass is 10.0. The third-order valence-electron chi connectivity index (χ3n) is 4.96. The second-order valence-corrected chi connectivity index (χ2v) is 6.98. The van der Waals surface area contributed by atoms with Gasteiger partial charge in [0.2, 0.25) is 0 Å². The maximum Gasteiger partial charge on any atom is 0.257 e. The summed E-state index contributed by atoms with van der Waals surface area (Å²) in [5, 5.41) is 2.89. The van der Waals surface area contributed by atoms with Crippen LogP contribution in [0.2, 0.25) is 0 Å². The van der Waals surface area contributed by atoms with Gasteiger partial charge >= 0.3 is 0 Å². The molecule has 0 radical (unpaired) electrons. The van der Waals surface area contributed by atoms with Crippen LogP contribution in [0.1, 0.15) is 22.3 Å². The first-order chi connectivity index (χ1) is 12.6. The Morgan fingerprint density at radius 2 is 2.04 bits per heavy atom. The number of benzene rings is 1. The SMILES string of the molecule is Cc1ccc(NC(=O)c2ccc(N3CCOC4(CCOC4)C3)nc2)cc1. The van der Waals surface area contributed by atoms with E-state index >= 15 is 0 Å². The van der Waals surface area contributed by atoms with E-state index in [-0.39, 0.29) is 11.5 Å². The lowest BCUT2D eigenvalue weighted by Gasteiger charge is -2.40. The van der Waals surface area contributed by atoms with Crippen LogP contribution in [0.15, 0.2) is 42.6 Å². The van der Waals surface area contributed by atoms with Crippen LogP contribution in [0.3, 0.4) is 0 Å². The van der Waals surface area contributed by atoms with E-state index in [4.69, 9.17) is 9.47 Å². The van der Waals surface area contributed by atoms with Gasteiger partial charge < -0.3 is 19.7 Å². The van der Waals surface area contributed by atoms with Gasteiger partial charge in [0, 0.05) is 31.5 Å². The first-order valence-electron chi connectivity index (χ1n) is 8.94. The largest absolute Gasteiger partial charge is 0.378 e. The first-order valence-corrected chi connectivity index (χ1v) is 8.94. The summed E-state index contributed by atoms with van der Waals surface area (Å²) in [5.74, 6) is 0.710. The number of morpholine rings is 1. The summed E-state index contributed by atoms with van der Waals surface area (Å²) in [4.78, 5) is 19.1. The van der Waals surface area contributed by atoms with Crippen molar-refractivity contribution in [3.05, 3.63) is 53.7 Å². The highest BCUT2D eigenvalue weighted by molar-refractivity contribution is 6.04. The highest BCUT2D eigenvalue weighted by Crippen LogP contribution is 2.29. The molecule has 1 amide bonds. The van der Waals surface area contributed by atoms with Crippen LogP contribution < -0.4 is 10.2 Å². The van der Waals surface area contributed by atoms with Gasteiger partial charge in [0.15, 0.2) is 0 Å². The molecule has 1 aromatic heterocycles. The van der Waals surface area contributed by atoms with Crippen LogP contribution in [-0.2, 0) is 9.47 Å². The van der Waals surface area contributed by atoms with Crippen LogP contribution in [-0.4, -0.2) is 49.4 Å². The number of rotatable bonds is 3. The van der Waals surface area contributed by atoms with E-state index in [1.54, 1.807) is 6.20 Å². The maximum atomic E-state index is 12.4. The number of aryl methyl sites for hydroxylation is 1. The van der Waals surface area contributed by atoms with Crippen LogP contribution >= 0.6 is 0 Å². The van der Waals surface area contributed by atoms with Gasteiger partial charge in [-0.1, -0.05) is 17.7 Å². The van der Waals surface area contributed by atoms with E-state index in [1.165, 1.54) is 0 Å². The van der Waals surface area contributed by atoms with Crippen molar-refractivity contribution in [2.45, 2.75) is 18.9 Å². The topological polar surface area (TPSA) is 63.7 Å². The molecule has 4 rings (SSSR count). The van der Waals surface area contributed by atoms with Crippen molar-refractivity contribution in [2.24, 2.45) is 0 Å². The van der Waals surface area contributed by atoms with Gasteiger partial charge in [-0.2, -0.15) is 0 Å². The fraction of sp³-hybridized carbons (Fsp3) is 0.400. The molecule has 2 saturated heterocycles. The van der Waals surface area contributed by atoms with Crippen LogP contribution in [0.25, 0.3) is 0 Å². The zero-order valence-electron chi connectivity index (χ0n) is 14.9. The van der Waals surface area contributed by atoms with Gasteiger partial charge in [-0.05, 0) is 31.2 Å². The van der Waals surface area contributed by atoms with E-state index in [0.29, 0.717) is 18.8 Å². The lowest BCUT2D eigenvalue weighted by molar-refractivity contribution is -0.0581. The number of ether oxygens (including phenoxy) is 2. The van der Waals surface area contributed by atoms with Gasteiger partial charge in [-0.3, -0.25) is 4.79 Å². The molecule has 1 unspecified atom stereocenters. The van der Waals surface area contributed by atoms with Crippen LogP contribution in [0.5, 0.6) is 0 Å². The van der Waals surface area contributed by atoms with Gasteiger partial charge in [0.1, 0.15) is 11.4 Å². The summed E-state index contributed by atoms with van der Waals surface area (Å²) in [6.07, 6.45) is 2.55. The Hall–Kier alpha value is -2.44. The molecule has 6 nitrogen and oxygen atoms in total. The van der Waals surface area contributed by atoms with Gasteiger partial charge in [-0.15, -0.1) is 0 Å². The number of aromatic nitrogens is 1. The number of carbonyl (C=O) groups is 1. The molecule has 0 saturated carbocycles.